The molecule has 5 nitrogen and oxygen atoms in total. The molecule has 0 amide bonds. The predicted octanol–water partition coefficient (Wildman–Crippen LogP) is 1.04. The molecule has 3 N–H and O–H groups in total. The zero-order valence-corrected chi connectivity index (χ0v) is 11.1. The van der Waals surface area contributed by atoms with Crippen molar-refractivity contribution in [1.29, 1.82) is 0 Å². The molecule has 3 heterocycles. The monoisotopic (exact) mass is 270 g/mol. The first kappa shape index (κ1) is 13.5. The highest BCUT2D eigenvalue weighted by Gasteiger charge is 2.27. The molecule has 100 valence electrons. The van der Waals surface area contributed by atoms with E-state index in [-0.39, 0.29) is 24.0 Å². The molecule has 2 aliphatic rings. The molecule has 2 fully saturated rings. The maximum atomic E-state index is 12.0. The van der Waals surface area contributed by atoms with Gasteiger partial charge in [-0.1, -0.05) is 0 Å². The topological polar surface area (TPSA) is 69.8 Å². The highest BCUT2D eigenvalue weighted by atomic mass is 35.5. The number of rotatable bonds is 2. The Balaban J connectivity index is 0.00000120. The van der Waals surface area contributed by atoms with Crippen LogP contribution in [0.15, 0.2) is 11.0 Å². The molecule has 2 atom stereocenters. The van der Waals surface area contributed by atoms with Crippen LogP contribution in [0.2, 0.25) is 0 Å². The van der Waals surface area contributed by atoms with Crippen molar-refractivity contribution in [3.05, 3.63) is 27.7 Å². The fraction of sp³-hybridized carbons (Fsp3) is 0.667. The Labute approximate surface area is 112 Å². The number of nitrogens with zero attached hydrogens (tertiary/aromatic N) is 1. The van der Waals surface area contributed by atoms with Crippen LogP contribution in [0.3, 0.4) is 0 Å². The molecule has 2 saturated heterocycles. The standard InChI is InChI=1S/C12H18N4O.ClH/c17-12-11(10-4-2-6-14-10)8(7-15-16-12)9-3-1-5-13-9;/h7,9-10,13-14H,1-6H2,(H,16,17);1H. The molecule has 0 aliphatic carbocycles. The van der Waals surface area contributed by atoms with Crippen LogP contribution in [-0.2, 0) is 0 Å². The number of hydrogen-bond acceptors (Lipinski definition) is 4. The number of aromatic amines is 1. The number of H-pyrrole nitrogens is 1. The average Bonchev–Trinajstić information content (AvgIpc) is 3.02. The smallest absolute Gasteiger partial charge is 0.269 e. The summed E-state index contributed by atoms with van der Waals surface area (Å²) in [6, 6.07) is 0.515. The molecule has 3 rings (SSSR count). The molecule has 18 heavy (non-hydrogen) atoms. The molecular formula is C12H19ClN4O. The minimum Gasteiger partial charge on any atom is -0.310 e. The van der Waals surface area contributed by atoms with Crippen LogP contribution in [0.25, 0.3) is 0 Å². The summed E-state index contributed by atoms with van der Waals surface area (Å²) >= 11 is 0. The molecule has 1 aromatic rings. The van der Waals surface area contributed by atoms with E-state index in [1.54, 1.807) is 0 Å². The van der Waals surface area contributed by atoms with Crippen molar-refractivity contribution >= 4 is 12.4 Å². The Hall–Kier alpha value is -0.910. The summed E-state index contributed by atoms with van der Waals surface area (Å²) in [6.07, 6.45) is 6.29. The van der Waals surface area contributed by atoms with Gasteiger partial charge in [0.15, 0.2) is 0 Å². The Bertz CT molecular complexity index is 450. The van der Waals surface area contributed by atoms with Crippen LogP contribution >= 0.6 is 12.4 Å². The summed E-state index contributed by atoms with van der Waals surface area (Å²) in [5.41, 5.74) is 1.96. The van der Waals surface area contributed by atoms with Crippen molar-refractivity contribution in [2.45, 2.75) is 37.8 Å². The summed E-state index contributed by atoms with van der Waals surface area (Å²) in [5, 5.41) is 13.4. The molecule has 6 heteroatoms. The second-order valence-electron chi connectivity index (χ2n) is 4.87. The van der Waals surface area contributed by atoms with Gasteiger partial charge in [-0.15, -0.1) is 12.4 Å². The van der Waals surface area contributed by atoms with Crippen molar-refractivity contribution < 1.29 is 0 Å². The molecule has 0 aromatic carbocycles. The van der Waals surface area contributed by atoms with Gasteiger partial charge in [0.1, 0.15) is 0 Å². The molecule has 0 radical (unpaired) electrons. The third kappa shape index (κ3) is 2.43. The van der Waals surface area contributed by atoms with Gasteiger partial charge in [-0.3, -0.25) is 4.79 Å². The lowest BCUT2D eigenvalue weighted by atomic mass is 9.96. The maximum Gasteiger partial charge on any atom is 0.269 e. The molecule has 1 aromatic heterocycles. The van der Waals surface area contributed by atoms with Crippen molar-refractivity contribution in [3.8, 4) is 0 Å². The quantitative estimate of drug-likeness (QED) is 0.751. The van der Waals surface area contributed by atoms with E-state index in [2.05, 4.69) is 20.8 Å². The van der Waals surface area contributed by atoms with Gasteiger partial charge in [0.05, 0.1) is 6.20 Å². The highest BCUT2D eigenvalue weighted by molar-refractivity contribution is 5.85. The minimum atomic E-state index is -0.0319. The van der Waals surface area contributed by atoms with Gasteiger partial charge in [-0.25, -0.2) is 5.10 Å². The van der Waals surface area contributed by atoms with Crippen molar-refractivity contribution in [2.24, 2.45) is 0 Å². The van der Waals surface area contributed by atoms with Crippen LogP contribution in [0.4, 0.5) is 0 Å². The number of hydrogen-bond donors (Lipinski definition) is 3. The molecule has 2 unspecified atom stereocenters. The summed E-state index contributed by atoms with van der Waals surface area (Å²) < 4.78 is 0. The number of aromatic nitrogens is 2. The van der Waals surface area contributed by atoms with E-state index in [1.165, 1.54) is 6.42 Å². The van der Waals surface area contributed by atoms with E-state index in [0.717, 1.165) is 43.5 Å². The van der Waals surface area contributed by atoms with Crippen molar-refractivity contribution in [3.63, 3.8) is 0 Å². The Morgan fingerprint density at radius 3 is 2.39 bits per heavy atom. The molecular weight excluding hydrogens is 252 g/mol. The van der Waals surface area contributed by atoms with Crippen LogP contribution in [0, 0.1) is 0 Å². The minimum absolute atomic E-state index is 0. The van der Waals surface area contributed by atoms with Gasteiger partial charge in [0.2, 0.25) is 0 Å². The SMILES string of the molecule is Cl.O=c1[nH]ncc(C2CCCN2)c1C1CCCN1. The third-order valence-electron chi connectivity index (χ3n) is 3.77. The summed E-state index contributed by atoms with van der Waals surface area (Å²) in [6.45, 7) is 2.04. The van der Waals surface area contributed by atoms with E-state index in [4.69, 9.17) is 0 Å². The van der Waals surface area contributed by atoms with Gasteiger partial charge in [0.25, 0.3) is 5.56 Å². The summed E-state index contributed by atoms with van der Waals surface area (Å²) in [4.78, 5) is 12.0. The highest BCUT2D eigenvalue weighted by Crippen LogP contribution is 2.29. The fourth-order valence-corrected chi connectivity index (χ4v) is 2.94. The molecule has 0 saturated carbocycles. The van der Waals surface area contributed by atoms with Crippen molar-refractivity contribution in [2.75, 3.05) is 13.1 Å². The second kappa shape index (κ2) is 5.82. The summed E-state index contributed by atoms with van der Waals surface area (Å²) in [7, 11) is 0. The first-order valence-electron chi connectivity index (χ1n) is 6.40. The zero-order valence-electron chi connectivity index (χ0n) is 10.2. The van der Waals surface area contributed by atoms with Crippen LogP contribution < -0.4 is 16.2 Å². The van der Waals surface area contributed by atoms with Gasteiger partial charge in [-0.2, -0.15) is 5.10 Å². The lowest BCUT2D eigenvalue weighted by Gasteiger charge is -2.18. The van der Waals surface area contributed by atoms with Crippen LogP contribution in [0.1, 0.15) is 48.9 Å². The van der Waals surface area contributed by atoms with Crippen LogP contribution in [-0.4, -0.2) is 23.3 Å². The second-order valence-corrected chi connectivity index (χ2v) is 4.87. The summed E-state index contributed by atoms with van der Waals surface area (Å²) in [5.74, 6) is 0. The normalized spacial score (nSPS) is 27.1. The third-order valence-corrected chi connectivity index (χ3v) is 3.77. The van der Waals surface area contributed by atoms with E-state index in [1.807, 2.05) is 6.20 Å². The molecule has 0 spiro atoms. The van der Waals surface area contributed by atoms with Gasteiger partial charge in [-0.05, 0) is 44.3 Å². The largest absolute Gasteiger partial charge is 0.310 e. The average molecular weight is 271 g/mol. The Kier molecular flexibility index (Phi) is 4.37. The maximum absolute atomic E-state index is 12.0. The van der Waals surface area contributed by atoms with Crippen molar-refractivity contribution in [1.82, 2.24) is 20.8 Å². The number of nitrogens with one attached hydrogen (secondary N) is 3. The lowest BCUT2D eigenvalue weighted by Crippen LogP contribution is -2.28. The Morgan fingerprint density at radius 2 is 1.78 bits per heavy atom. The number of halogens is 1. The van der Waals surface area contributed by atoms with Gasteiger partial charge >= 0.3 is 0 Å². The zero-order chi connectivity index (χ0) is 11.7. The van der Waals surface area contributed by atoms with E-state index < -0.39 is 0 Å². The molecule has 0 bridgehead atoms. The molecule has 2 aliphatic heterocycles. The lowest BCUT2D eigenvalue weighted by molar-refractivity contribution is 0.582. The van der Waals surface area contributed by atoms with Gasteiger partial charge in [0, 0.05) is 17.6 Å². The Morgan fingerprint density at radius 1 is 1.11 bits per heavy atom. The van der Waals surface area contributed by atoms with E-state index >= 15 is 0 Å². The predicted molar refractivity (Wildman–Crippen MR) is 72.1 cm³/mol. The van der Waals surface area contributed by atoms with Gasteiger partial charge < -0.3 is 10.6 Å². The first-order valence-corrected chi connectivity index (χ1v) is 6.40. The van der Waals surface area contributed by atoms with Crippen LogP contribution in [0.5, 0.6) is 0 Å². The van der Waals surface area contributed by atoms with E-state index in [0.29, 0.717) is 6.04 Å². The first-order chi connectivity index (χ1) is 8.36. The fourth-order valence-electron chi connectivity index (χ4n) is 2.94. The van der Waals surface area contributed by atoms with E-state index in [9.17, 15) is 4.79 Å².